The molecule has 0 aliphatic heterocycles. The molecular formula is C15H11F3INO2S. The highest BCUT2D eigenvalue weighted by Gasteiger charge is 2.23. The summed E-state index contributed by atoms with van der Waals surface area (Å²) >= 11 is 1.99. The van der Waals surface area contributed by atoms with Gasteiger partial charge in [-0.1, -0.05) is 30.3 Å². The van der Waals surface area contributed by atoms with Gasteiger partial charge in [-0.15, -0.1) is 0 Å². The summed E-state index contributed by atoms with van der Waals surface area (Å²) in [4.78, 5) is -0.217. The second-order valence-electron chi connectivity index (χ2n) is 4.62. The van der Waals surface area contributed by atoms with Crippen molar-refractivity contribution in [1.29, 1.82) is 0 Å². The Balaban J connectivity index is 2.80. The van der Waals surface area contributed by atoms with Crippen LogP contribution in [-0.2, 0) is 10.0 Å². The van der Waals surface area contributed by atoms with Crippen LogP contribution >= 0.6 is 22.6 Å². The summed E-state index contributed by atoms with van der Waals surface area (Å²) in [6, 6.07) is 10.8. The van der Waals surface area contributed by atoms with E-state index in [1.54, 1.807) is 24.3 Å². The van der Waals surface area contributed by atoms with Crippen molar-refractivity contribution in [2.24, 2.45) is 5.14 Å². The Morgan fingerprint density at radius 2 is 1.70 bits per heavy atom. The smallest absolute Gasteiger partial charge is 0.225 e. The van der Waals surface area contributed by atoms with Crippen LogP contribution in [-0.4, -0.2) is 14.6 Å². The van der Waals surface area contributed by atoms with Crippen LogP contribution in [0.5, 0.6) is 0 Å². The van der Waals surface area contributed by atoms with E-state index in [4.69, 9.17) is 5.14 Å². The molecule has 0 spiro atoms. The van der Waals surface area contributed by atoms with Gasteiger partial charge in [-0.3, -0.25) is 0 Å². The van der Waals surface area contributed by atoms with Crippen LogP contribution < -0.4 is 5.14 Å². The molecule has 0 bridgehead atoms. The molecule has 0 saturated carbocycles. The van der Waals surface area contributed by atoms with Crippen LogP contribution in [0, 0.1) is 3.57 Å². The number of halogens is 4. The van der Waals surface area contributed by atoms with E-state index in [1.165, 1.54) is 18.2 Å². The number of nitrogens with two attached hydrogens (primary N) is 1. The fraction of sp³-hybridized carbons (Fsp3) is 0.0667. The third kappa shape index (κ3) is 4.55. The zero-order valence-corrected chi connectivity index (χ0v) is 14.5. The third-order valence-electron chi connectivity index (χ3n) is 2.96. The average molecular weight is 453 g/mol. The highest BCUT2D eigenvalue weighted by Crippen LogP contribution is 2.34. The number of rotatable bonds is 3. The van der Waals surface area contributed by atoms with Gasteiger partial charge in [0, 0.05) is 15.2 Å². The van der Waals surface area contributed by atoms with E-state index in [0.29, 0.717) is 9.13 Å². The van der Waals surface area contributed by atoms with E-state index >= 15 is 0 Å². The number of hydrogen-bond acceptors (Lipinski definition) is 2. The van der Waals surface area contributed by atoms with Gasteiger partial charge in [0.15, 0.2) is 0 Å². The van der Waals surface area contributed by atoms with Crippen LogP contribution in [0.3, 0.4) is 0 Å². The lowest BCUT2D eigenvalue weighted by molar-refractivity contribution is -0.0790. The predicted molar refractivity (Wildman–Crippen MR) is 91.1 cm³/mol. The first kappa shape index (κ1) is 18.0. The minimum Gasteiger partial charge on any atom is -0.225 e. The fourth-order valence-corrected chi connectivity index (χ4v) is 3.50. The number of benzene rings is 2. The van der Waals surface area contributed by atoms with Gasteiger partial charge in [0.1, 0.15) is 0 Å². The Kier molecular flexibility index (Phi) is 5.17. The molecule has 0 atom stereocenters. The van der Waals surface area contributed by atoms with Gasteiger partial charge in [-0.25, -0.2) is 13.6 Å². The first-order valence-corrected chi connectivity index (χ1v) is 8.89. The first-order chi connectivity index (χ1) is 10.6. The van der Waals surface area contributed by atoms with E-state index in [0.717, 1.165) is 6.08 Å². The SMILES string of the molecule is NS(=O)(=O)c1cccc(C=CC(F)(F)F)c1-c1ccccc1I. The molecule has 3 nitrogen and oxygen atoms in total. The molecule has 0 saturated heterocycles. The van der Waals surface area contributed by atoms with E-state index in [2.05, 4.69) is 0 Å². The number of sulfonamides is 1. The number of primary sulfonamides is 1. The molecule has 2 rings (SSSR count). The van der Waals surface area contributed by atoms with Gasteiger partial charge in [0.05, 0.1) is 4.90 Å². The Morgan fingerprint density at radius 1 is 1.04 bits per heavy atom. The number of alkyl halides is 3. The Hall–Kier alpha value is -1.39. The summed E-state index contributed by atoms with van der Waals surface area (Å²) in [6.45, 7) is 0. The van der Waals surface area contributed by atoms with Crippen molar-refractivity contribution in [2.45, 2.75) is 11.1 Å². The summed E-state index contributed by atoms with van der Waals surface area (Å²) in [7, 11) is -4.09. The molecule has 23 heavy (non-hydrogen) atoms. The lowest BCUT2D eigenvalue weighted by atomic mass is 9.99. The Morgan fingerprint density at radius 3 is 2.26 bits per heavy atom. The van der Waals surface area contributed by atoms with Crippen LogP contribution in [0.1, 0.15) is 5.56 Å². The van der Waals surface area contributed by atoms with Crippen molar-refractivity contribution in [3.63, 3.8) is 0 Å². The van der Waals surface area contributed by atoms with Gasteiger partial charge < -0.3 is 0 Å². The molecule has 0 amide bonds. The molecular weight excluding hydrogens is 442 g/mol. The van der Waals surface area contributed by atoms with Crippen LogP contribution in [0.2, 0.25) is 0 Å². The highest BCUT2D eigenvalue weighted by atomic mass is 127. The predicted octanol–water partition coefficient (Wildman–Crippen LogP) is 4.18. The second-order valence-corrected chi connectivity index (χ2v) is 7.31. The lowest BCUT2D eigenvalue weighted by Crippen LogP contribution is -2.14. The van der Waals surface area contributed by atoms with Crippen molar-refractivity contribution >= 4 is 38.7 Å². The second kappa shape index (κ2) is 6.62. The van der Waals surface area contributed by atoms with E-state index in [-0.39, 0.29) is 22.1 Å². The van der Waals surface area contributed by atoms with Crippen molar-refractivity contribution in [3.8, 4) is 11.1 Å². The van der Waals surface area contributed by atoms with Gasteiger partial charge in [0.2, 0.25) is 10.0 Å². The van der Waals surface area contributed by atoms with Gasteiger partial charge in [-0.05, 0) is 51.9 Å². The molecule has 0 aromatic heterocycles. The van der Waals surface area contributed by atoms with Crippen LogP contribution in [0.15, 0.2) is 53.4 Å². The van der Waals surface area contributed by atoms with Gasteiger partial charge in [-0.2, -0.15) is 13.2 Å². The van der Waals surface area contributed by atoms with E-state index in [1.807, 2.05) is 22.6 Å². The van der Waals surface area contributed by atoms with Gasteiger partial charge >= 0.3 is 6.18 Å². The molecule has 0 radical (unpaired) electrons. The zero-order chi connectivity index (χ0) is 17.3. The van der Waals surface area contributed by atoms with E-state index < -0.39 is 16.2 Å². The molecule has 0 aliphatic rings. The van der Waals surface area contributed by atoms with Crippen molar-refractivity contribution in [2.75, 3.05) is 0 Å². The van der Waals surface area contributed by atoms with Crippen molar-refractivity contribution in [3.05, 3.63) is 57.7 Å². The molecule has 0 unspecified atom stereocenters. The molecule has 2 aromatic rings. The summed E-state index contributed by atoms with van der Waals surface area (Å²) in [5, 5.41) is 5.22. The maximum absolute atomic E-state index is 12.5. The summed E-state index contributed by atoms with van der Waals surface area (Å²) in [6.07, 6.45) is -3.60. The zero-order valence-electron chi connectivity index (χ0n) is 11.5. The molecule has 8 heteroatoms. The topological polar surface area (TPSA) is 60.2 Å². The minimum absolute atomic E-state index is 0.0640. The van der Waals surface area contributed by atoms with Crippen molar-refractivity contribution in [1.82, 2.24) is 0 Å². The van der Waals surface area contributed by atoms with E-state index in [9.17, 15) is 21.6 Å². The molecule has 0 heterocycles. The number of hydrogen-bond donors (Lipinski definition) is 1. The maximum Gasteiger partial charge on any atom is 0.409 e. The highest BCUT2D eigenvalue weighted by molar-refractivity contribution is 14.1. The van der Waals surface area contributed by atoms with Crippen LogP contribution in [0.4, 0.5) is 13.2 Å². The Bertz CT molecular complexity index is 861. The van der Waals surface area contributed by atoms with Crippen LogP contribution in [0.25, 0.3) is 17.2 Å². The monoisotopic (exact) mass is 453 g/mol. The minimum atomic E-state index is -4.50. The fourth-order valence-electron chi connectivity index (χ4n) is 2.06. The summed E-state index contributed by atoms with van der Waals surface area (Å²) < 4.78 is 61.7. The summed E-state index contributed by atoms with van der Waals surface area (Å²) in [5.41, 5.74) is 0.776. The van der Waals surface area contributed by atoms with Gasteiger partial charge in [0.25, 0.3) is 0 Å². The van der Waals surface area contributed by atoms with Crippen molar-refractivity contribution < 1.29 is 21.6 Å². The molecule has 2 aromatic carbocycles. The number of allylic oxidation sites excluding steroid dienone is 1. The third-order valence-corrected chi connectivity index (χ3v) is 4.85. The molecule has 2 N–H and O–H groups in total. The largest absolute Gasteiger partial charge is 0.409 e. The molecule has 122 valence electrons. The lowest BCUT2D eigenvalue weighted by Gasteiger charge is -2.13. The average Bonchev–Trinajstić information content (AvgIpc) is 2.43. The quantitative estimate of drug-likeness (QED) is 0.710. The Labute approximate surface area is 145 Å². The standard InChI is InChI=1S/C15H11F3INO2S/c16-15(17,18)9-8-10-4-3-7-13(23(20,21)22)14(10)11-5-1-2-6-12(11)19/h1-9H,(H2,20,21,22). The maximum atomic E-state index is 12.5. The molecule has 0 aliphatic carbocycles. The normalized spacial score (nSPS) is 12.7. The molecule has 0 fully saturated rings. The summed E-state index contributed by atoms with van der Waals surface area (Å²) in [5.74, 6) is 0. The first-order valence-electron chi connectivity index (χ1n) is 6.26.